The summed E-state index contributed by atoms with van der Waals surface area (Å²) in [6, 6.07) is 12.1. The molecule has 6 nitrogen and oxygen atoms in total. The van der Waals surface area contributed by atoms with Crippen molar-refractivity contribution in [3.05, 3.63) is 58.3 Å². The Balaban J connectivity index is 1.34. The third-order valence-corrected chi connectivity index (χ3v) is 7.23. The largest absolute Gasteiger partial charge is 0.369 e. The van der Waals surface area contributed by atoms with Gasteiger partial charge in [-0.2, -0.15) is 0 Å². The van der Waals surface area contributed by atoms with E-state index in [4.69, 9.17) is 23.2 Å². The quantitative estimate of drug-likeness (QED) is 0.578. The van der Waals surface area contributed by atoms with Crippen LogP contribution in [0.25, 0.3) is 11.0 Å². The summed E-state index contributed by atoms with van der Waals surface area (Å²) in [4.78, 5) is 19.4. The molecule has 2 aromatic carbocycles. The number of hydrogen-bond donors (Lipinski definition) is 2. The number of nitrogens with one attached hydrogen (secondary N) is 2. The predicted molar refractivity (Wildman–Crippen MR) is 130 cm³/mol. The first kappa shape index (κ1) is 21.6. The summed E-state index contributed by atoms with van der Waals surface area (Å²) in [5.41, 5.74) is 4.15. The van der Waals surface area contributed by atoms with E-state index < -0.39 is 0 Å². The molecule has 1 amide bonds. The van der Waals surface area contributed by atoms with Gasteiger partial charge in [-0.1, -0.05) is 29.3 Å². The van der Waals surface area contributed by atoms with Gasteiger partial charge in [-0.15, -0.1) is 0 Å². The van der Waals surface area contributed by atoms with E-state index >= 15 is 0 Å². The zero-order valence-electron chi connectivity index (χ0n) is 18.0. The van der Waals surface area contributed by atoms with Gasteiger partial charge in [0.2, 0.25) is 5.91 Å². The van der Waals surface area contributed by atoms with E-state index in [-0.39, 0.29) is 24.0 Å². The third kappa shape index (κ3) is 4.19. The fourth-order valence-corrected chi connectivity index (χ4v) is 5.40. The molecule has 3 aromatic rings. The molecule has 32 heavy (non-hydrogen) atoms. The van der Waals surface area contributed by atoms with Crippen molar-refractivity contribution in [3.8, 4) is 0 Å². The number of benzene rings is 2. The molecule has 3 heterocycles. The molecule has 2 aliphatic rings. The lowest BCUT2D eigenvalue weighted by Gasteiger charge is -2.21. The van der Waals surface area contributed by atoms with Crippen LogP contribution in [0.2, 0.25) is 10.0 Å². The van der Waals surface area contributed by atoms with Gasteiger partial charge in [0.25, 0.3) is 0 Å². The van der Waals surface area contributed by atoms with Crippen LogP contribution in [-0.4, -0.2) is 47.2 Å². The SMILES string of the molecule is CC(c1ccc(Cl)cc1Cl)n1cnc2ccc(N3CCC(NC(=O)C4CCCN4)C3)cc21. The number of carbonyl (C=O) groups excluding carboxylic acids is 1. The van der Waals surface area contributed by atoms with Crippen LogP contribution in [0.5, 0.6) is 0 Å². The van der Waals surface area contributed by atoms with Gasteiger partial charge in [0.05, 0.1) is 29.4 Å². The molecule has 1 aromatic heterocycles. The lowest BCUT2D eigenvalue weighted by Crippen LogP contribution is -2.46. The predicted octanol–water partition coefficient (Wildman–Crippen LogP) is 4.40. The van der Waals surface area contributed by atoms with Gasteiger partial charge in [-0.3, -0.25) is 4.79 Å². The molecule has 2 fully saturated rings. The average molecular weight is 472 g/mol. The number of fused-ring (bicyclic) bond motifs is 1. The first-order valence-electron chi connectivity index (χ1n) is 11.2. The molecule has 3 atom stereocenters. The maximum Gasteiger partial charge on any atom is 0.237 e. The summed E-state index contributed by atoms with van der Waals surface area (Å²) in [5.74, 6) is 0.136. The Morgan fingerprint density at radius 2 is 2.09 bits per heavy atom. The van der Waals surface area contributed by atoms with E-state index in [0.717, 1.165) is 61.2 Å². The van der Waals surface area contributed by atoms with Gasteiger partial charge in [0.1, 0.15) is 0 Å². The van der Waals surface area contributed by atoms with Crippen molar-refractivity contribution >= 4 is 45.8 Å². The van der Waals surface area contributed by atoms with Crippen LogP contribution in [0, 0.1) is 0 Å². The standard InChI is InChI=1S/C24H27Cl2N5O/c1-15(19-6-4-16(25)11-20(19)26)31-14-28-21-7-5-18(12-23(21)31)30-10-8-17(13-30)29-24(32)22-3-2-9-27-22/h4-7,11-12,14-15,17,22,27H,2-3,8-10,13H2,1H3,(H,29,32). The maximum atomic E-state index is 12.5. The number of halogens is 2. The topological polar surface area (TPSA) is 62.2 Å². The lowest BCUT2D eigenvalue weighted by molar-refractivity contribution is -0.123. The Bertz CT molecular complexity index is 1140. The summed E-state index contributed by atoms with van der Waals surface area (Å²) in [6.07, 6.45) is 4.82. The van der Waals surface area contributed by atoms with Crippen molar-refractivity contribution in [1.82, 2.24) is 20.2 Å². The van der Waals surface area contributed by atoms with Crippen molar-refractivity contribution < 1.29 is 4.79 Å². The molecule has 0 radical (unpaired) electrons. The van der Waals surface area contributed by atoms with Crippen molar-refractivity contribution in [2.24, 2.45) is 0 Å². The summed E-state index contributed by atoms with van der Waals surface area (Å²) in [5, 5.41) is 7.78. The Labute approximate surface area is 197 Å². The van der Waals surface area contributed by atoms with Crippen molar-refractivity contribution in [3.63, 3.8) is 0 Å². The van der Waals surface area contributed by atoms with Gasteiger partial charge in [-0.25, -0.2) is 4.98 Å². The first-order chi connectivity index (χ1) is 15.5. The molecule has 0 spiro atoms. The Kier molecular flexibility index (Phi) is 6.01. The van der Waals surface area contributed by atoms with Crippen molar-refractivity contribution in [1.29, 1.82) is 0 Å². The van der Waals surface area contributed by atoms with Gasteiger partial charge < -0.3 is 20.1 Å². The summed E-state index contributed by atoms with van der Waals surface area (Å²) < 4.78 is 2.15. The van der Waals surface area contributed by atoms with E-state index in [1.54, 1.807) is 6.07 Å². The number of imidazole rings is 1. The summed E-state index contributed by atoms with van der Waals surface area (Å²) in [7, 11) is 0. The first-order valence-corrected chi connectivity index (χ1v) is 12.0. The number of hydrogen-bond acceptors (Lipinski definition) is 4. The highest BCUT2D eigenvalue weighted by Crippen LogP contribution is 2.32. The van der Waals surface area contributed by atoms with E-state index in [1.807, 2.05) is 18.5 Å². The molecule has 3 unspecified atom stereocenters. The van der Waals surface area contributed by atoms with Crippen LogP contribution in [-0.2, 0) is 4.79 Å². The summed E-state index contributed by atoms with van der Waals surface area (Å²) >= 11 is 12.5. The van der Waals surface area contributed by atoms with Crippen LogP contribution >= 0.6 is 23.2 Å². The minimum Gasteiger partial charge on any atom is -0.369 e. The molecular formula is C24H27Cl2N5O. The Hall–Kier alpha value is -2.28. The second kappa shape index (κ2) is 8.93. The Morgan fingerprint density at radius 1 is 1.22 bits per heavy atom. The average Bonchev–Trinajstić information content (AvgIpc) is 3.53. The maximum absolute atomic E-state index is 12.5. The molecule has 0 bridgehead atoms. The van der Waals surface area contributed by atoms with Crippen LogP contribution in [0.3, 0.4) is 0 Å². The number of amides is 1. The van der Waals surface area contributed by atoms with Gasteiger partial charge in [0.15, 0.2) is 0 Å². The zero-order chi connectivity index (χ0) is 22.2. The number of anilines is 1. The van der Waals surface area contributed by atoms with Crippen molar-refractivity contribution in [2.75, 3.05) is 24.5 Å². The van der Waals surface area contributed by atoms with Crippen LogP contribution in [0.1, 0.15) is 37.8 Å². The fraction of sp³-hybridized carbons (Fsp3) is 0.417. The van der Waals surface area contributed by atoms with Gasteiger partial charge in [0, 0.05) is 34.9 Å². The normalized spacial score (nSPS) is 21.9. The molecule has 5 rings (SSSR count). The van der Waals surface area contributed by atoms with E-state index in [2.05, 4.69) is 50.2 Å². The number of carbonyl (C=O) groups is 1. The zero-order valence-corrected chi connectivity index (χ0v) is 19.5. The van der Waals surface area contributed by atoms with E-state index in [1.165, 1.54) is 0 Å². The highest BCUT2D eigenvalue weighted by atomic mass is 35.5. The fourth-order valence-electron chi connectivity index (χ4n) is 4.83. The minimum absolute atomic E-state index is 0.0181. The van der Waals surface area contributed by atoms with Crippen LogP contribution in [0.4, 0.5) is 5.69 Å². The second-order valence-electron chi connectivity index (χ2n) is 8.76. The highest BCUT2D eigenvalue weighted by Gasteiger charge is 2.28. The molecule has 8 heteroatoms. The molecule has 0 saturated carbocycles. The van der Waals surface area contributed by atoms with E-state index in [9.17, 15) is 4.79 Å². The highest BCUT2D eigenvalue weighted by molar-refractivity contribution is 6.35. The molecule has 2 N–H and O–H groups in total. The number of nitrogens with zero attached hydrogens (tertiary/aromatic N) is 3. The number of aromatic nitrogens is 2. The molecule has 168 valence electrons. The molecular weight excluding hydrogens is 445 g/mol. The van der Waals surface area contributed by atoms with Crippen LogP contribution < -0.4 is 15.5 Å². The second-order valence-corrected chi connectivity index (χ2v) is 9.60. The lowest BCUT2D eigenvalue weighted by atomic mass is 10.1. The van der Waals surface area contributed by atoms with Gasteiger partial charge >= 0.3 is 0 Å². The minimum atomic E-state index is -0.0315. The van der Waals surface area contributed by atoms with Crippen molar-refractivity contribution in [2.45, 2.75) is 44.3 Å². The smallest absolute Gasteiger partial charge is 0.237 e. The summed E-state index contributed by atoms with van der Waals surface area (Å²) in [6.45, 7) is 4.78. The molecule has 2 saturated heterocycles. The monoisotopic (exact) mass is 471 g/mol. The molecule has 2 aliphatic heterocycles. The van der Waals surface area contributed by atoms with Gasteiger partial charge in [-0.05, 0) is 68.6 Å². The number of rotatable bonds is 5. The Morgan fingerprint density at radius 3 is 2.88 bits per heavy atom. The van der Waals surface area contributed by atoms with Crippen LogP contribution in [0.15, 0.2) is 42.7 Å². The van der Waals surface area contributed by atoms with E-state index in [0.29, 0.717) is 10.0 Å². The third-order valence-electron chi connectivity index (χ3n) is 6.66. The molecule has 0 aliphatic carbocycles.